The van der Waals surface area contributed by atoms with Gasteiger partial charge in [-0.2, -0.15) is 17.0 Å². The number of hydrogen-bond acceptors (Lipinski definition) is 3. The first kappa shape index (κ1) is 16.4. The summed E-state index contributed by atoms with van der Waals surface area (Å²) in [5.74, 6) is 0. The summed E-state index contributed by atoms with van der Waals surface area (Å²) in [7, 11) is 0. The SMILES string of the molecule is CSC(C)(C)CNC(=O)N[C@H](C)c1ccc(C#N)cc1. The van der Waals surface area contributed by atoms with Gasteiger partial charge in [0.25, 0.3) is 0 Å². The summed E-state index contributed by atoms with van der Waals surface area (Å²) in [6, 6.07) is 9.02. The molecule has 5 heteroatoms. The molecule has 0 saturated heterocycles. The number of benzene rings is 1. The van der Waals surface area contributed by atoms with Crippen molar-refractivity contribution in [3.05, 3.63) is 35.4 Å². The molecule has 0 fully saturated rings. The van der Waals surface area contributed by atoms with Crippen molar-refractivity contribution in [2.24, 2.45) is 0 Å². The highest BCUT2D eigenvalue weighted by Gasteiger charge is 2.17. The lowest BCUT2D eigenvalue weighted by Gasteiger charge is -2.23. The van der Waals surface area contributed by atoms with Crippen LogP contribution in [0.4, 0.5) is 4.79 Å². The van der Waals surface area contributed by atoms with Crippen LogP contribution in [0.2, 0.25) is 0 Å². The molecule has 1 rings (SSSR count). The molecule has 2 amide bonds. The number of hydrogen-bond donors (Lipinski definition) is 2. The van der Waals surface area contributed by atoms with Crippen LogP contribution in [0.1, 0.15) is 37.9 Å². The number of thioether (sulfide) groups is 1. The fourth-order valence-electron chi connectivity index (χ4n) is 1.54. The number of amides is 2. The number of nitrogens with one attached hydrogen (secondary N) is 2. The van der Waals surface area contributed by atoms with E-state index in [4.69, 9.17) is 5.26 Å². The van der Waals surface area contributed by atoms with Crippen LogP contribution in [0.3, 0.4) is 0 Å². The van der Waals surface area contributed by atoms with E-state index in [9.17, 15) is 4.79 Å². The number of nitriles is 1. The molecule has 0 aliphatic heterocycles. The minimum absolute atomic E-state index is 0.0228. The Morgan fingerprint density at radius 3 is 2.50 bits per heavy atom. The topological polar surface area (TPSA) is 64.9 Å². The minimum atomic E-state index is -0.177. The Morgan fingerprint density at radius 2 is 2.00 bits per heavy atom. The van der Waals surface area contributed by atoms with Crippen LogP contribution < -0.4 is 10.6 Å². The highest BCUT2D eigenvalue weighted by atomic mass is 32.2. The third kappa shape index (κ3) is 5.14. The molecule has 4 nitrogen and oxygen atoms in total. The van der Waals surface area contributed by atoms with Crippen molar-refractivity contribution in [1.82, 2.24) is 10.6 Å². The fraction of sp³-hybridized carbons (Fsp3) is 0.467. The zero-order valence-electron chi connectivity index (χ0n) is 12.4. The third-order valence-electron chi connectivity index (χ3n) is 3.11. The standard InChI is InChI=1S/C15H21N3OS/c1-11(13-7-5-12(9-16)6-8-13)18-14(19)17-10-15(2,3)20-4/h5-8,11H,10H2,1-4H3,(H2,17,18,19)/t11-/m1/s1. The molecule has 2 N–H and O–H groups in total. The van der Waals surface area contributed by atoms with Crippen LogP contribution in [0.5, 0.6) is 0 Å². The average Bonchev–Trinajstić information content (AvgIpc) is 2.45. The number of carbonyl (C=O) groups excluding carboxylic acids is 1. The van der Waals surface area contributed by atoms with Crippen molar-refractivity contribution in [2.45, 2.75) is 31.6 Å². The third-order valence-corrected chi connectivity index (χ3v) is 4.36. The first-order valence-electron chi connectivity index (χ1n) is 6.47. The van der Waals surface area contributed by atoms with Gasteiger partial charge in [-0.25, -0.2) is 4.79 Å². The van der Waals surface area contributed by atoms with E-state index in [2.05, 4.69) is 30.6 Å². The van der Waals surface area contributed by atoms with E-state index in [1.54, 1.807) is 23.9 Å². The van der Waals surface area contributed by atoms with Crippen LogP contribution in [0, 0.1) is 11.3 Å². The van der Waals surface area contributed by atoms with Gasteiger partial charge in [0.2, 0.25) is 0 Å². The molecule has 0 unspecified atom stereocenters. The van der Waals surface area contributed by atoms with Gasteiger partial charge in [0.05, 0.1) is 17.7 Å². The Kier molecular flexibility index (Phi) is 5.90. The smallest absolute Gasteiger partial charge is 0.315 e. The fourth-order valence-corrected chi connectivity index (χ4v) is 1.76. The Labute approximate surface area is 124 Å². The molecular formula is C15H21N3OS. The van der Waals surface area contributed by atoms with E-state index in [0.29, 0.717) is 12.1 Å². The lowest BCUT2D eigenvalue weighted by molar-refractivity contribution is 0.237. The normalized spacial score (nSPS) is 12.3. The molecule has 0 aliphatic rings. The number of urea groups is 1. The van der Waals surface area contributed by atoms with Crippen molar-refractivity contribution in [1.29, 1.82) is 5.26 Å². The van der Waals surface area contributed by atoms with E-state index in [0.717, 1.165) is 5.56 Å². The molecule has 0 heterocycles. The van der Waals surface area contributed by atoms with Crippen LogP contribution in [0.15, 0.2) is 24.3 Å². The highest BCUT2D eigenvalue weighted by Crippen LogP contribution is 2.19. The zero-order valence-corrected chi connectivity index (χ0v) is 13.2. The van der Waals surface area contributed by atoms with Crippen LogP contribution >= 0.6 is 11.8 Å². The first-order valence-corrected chi connectivity index (χ1v) is 7.70. The summed E-state index contributed by atoms with van der Waals surface area (Å²) in [5.41, 5.74) is 1.59. The predicted molar refractivity (Wildman–Crippen MR) is 83.7 cm³/mol. The summed E-state index contributed by atoms with van der Waals surface area (Å²) in [6.07, 6.45) is 2.03. The lowest BCUT2D eigenvalue weighted by Crippen LogP contribution is -2.42. The molecule has 0 radical (unpaired) electrons. The van der Waals surface area contributed by atoms with Crippen molar-refractivity contribution in [3.8, 4) is 6.07 Å². The second kappa shape index (κ2) is 7.20. The van der Waals surface area contributed by atoms with Crippen molar-refractivity contribution in [2.75, 3.05) is 12.8 Å². The molecule has 20 heavy (non-hydrogen) atoms. The van der Waals surface area contributed by atoms with Crippen molar-refractivity contribution >= 4 is 17.8 Å². The maximum absolute atomic E-state index is 11.8. The Balaban J connectivity index is 2.51. The Hall–Kier alpha value is -1.67. The van der Waals surface area contributed by atoms with Crippen molar-refractivity contribution in [3.63, 3.8) is 0 Å². The van der Waals surface area contributed by atoms with E-state index < -0.39 is 0 Å². The molecule has 1 aromatic rings. The number of rotatable bonds is 5. The highest BCUT2D eigenvalue weighted by molar-refractivity contribution is 7.99. The van der Waals surface area contributed by atoms with Gasteiger partial charge in [-0.1, -0.05) is 12.1 Å². The van der Waals surface area contributed by atoms with Crippen LogP contribution in [-0.4, -0.2) is 23.6 Å². The molecule has 0 aromatic heterocycles. The Bertz CT molecular complexity index is 491. The second-order valence-electron chi connectivity index (χ2n) is 5.25. The molecule has 1 aromatic carbocycles. The molecule has 0 spiro atoms. The first-order chi connectivity index (χ1) is 9.38. The molecule has 1 atom stereocenters. The van der Waals surface area contributed by atoms with E-state index in [1.165, 1.54) is 0 Å². The summed E-state index contributed by atoms with van der Waals surface area (Å²) in [6.45, 7) is 6.70. The van der Waals surface area contributed by atoms with Gasteiger partial charge >= 0.3 is 6.03 Å². The largest absolute Gasteiger partial charge is 0.337 e. The maximum Gasteiger partial charge on any atom is 0.315 e. The minimum Gasteiger partial charge on any atom is -0.337 e. The van der Waals surface area contributed by atoms with Gasteiger partial charge in [0, 0.05) is 11.3 Å². The van der Waals surface area contributed by atoms with Gasteiger partial charge in [0.1, 0.15) is 0 Å². The molecular weight excluding hydrogens is 270 g/mol. The molecule has 0 saturated carbocycles. The summed E-state index contributed by atoms with van der Waals surface area (Å²) in [4.78, 5) is 11.8. The van der Waals surface area contributed by atoms with Crippen LogP contribution in [0.25, 0.3) is 0 Å². The lowest BCUT2D eigenvalue weighted by atomic mass is 10.1. The van der Waals surface area contributed by atoms with Gasteiger partial charge in [-0.15, -0.1) is 0 Å². The molecule has 108 valence electrons. The zero-order chi connectivity index (χ0) is 15.2. The Morgan fingerprint density at radius 1 is 1.40 bits per heavy atom. The number of carbonyl (C=O) groups is 1. The summed E-state index contributed by atoms with van der Waals surface area (Å²) < 4.78 is 0.0228. The summed E-state index contributed by atoms with van der Waals surface area (Å²) >= 11 is 1.72. The van der Waals surface area contributed by atoms with Crippen molar-refractivity contribution < 1.29 is 4.79 Å². The molecule has 0 bridgehead atoms. The second-order valence-corrected chi connectivity index (χ2v) is 6.76. The van der Waals surface area contributed by atoms with E-state index in [1.807, 2.05) is 25.3 Å². The van der Waals surface area contributed by atoms with Gasteiger partial charge in [-0.3, -0.25) is 0 Å². The maximum atomic E-state index is 11.8. The van der Waals surface area contributed by atoms with E-state index >= 15 is 0 Å². The van der Waals surface area contributed by atoms with Gasteiger partial charge in [0.15, 0.2) is 0 Å². The average molecular weight is 291 g/mol. The monoisotopic (exact) mass is 291 g/mol. The molecule has 0 aliphatic carbocycles. The summed E-state index contributed by atoms with van der Waals surface area (Å²) in [5, 5.41) is 14.5. The predicted octanol–water partition coefficient (Wildman–Crippen LogP) is 3.06. The van der Waals surface area contributed by atoms with Gasteiger partial charge in [-0.05, 0) is 44.7 Å². The van der Waals surface area contributed by atoms with Gasteiger partial charge < -0.3 is 10.6 Å². The van der Waals surface area contributed by atoms with E-state index in [-0.39, 0.29) is 16.8 Å². The number of nitrogens with zero attached hydrogens (tertiary/aromatic N) is 1. The quantitative estimate of drug-likeness (QED) is 0.876. The van der Waals surface area contributed by atoms with Crippen LogP contribution in [-0.2, 0) is 0 Å².